The van der Waals surface area contributed by atoms with E-state index in [4.69, 9.17) is 17.3 Å². The third kappa shape index (κ3) is 3.37. The molecule has 96 valence electrons. The molecule has 0 aliphatic heterocycles. The fourth-order valence-corrected chi connectivity index (χ4v) is 1.79. The summed E-state index contributed by atoms with van der Waals surface area (Å²) in [5.41, 5.74) is 6.09. The summed E-state index contributed by atoms with van der Waals surface area (Å²) in [4.78, 5) is 22.4. The first-order valence-electron chi connectivity index (χ1n) is 5.69. The van der Waals surface area contributed by atoms with E-state index >= 15 is 0 Å². The molecule has 1 aliphatic carbocycles. The Morgan fingerprint density at radius 3 is 2.67 bits per heavy atom. The third-order valence-electron chi connectivity index (χ3n) is 2.63. The summed E-state index contributed by atoms with van der Waals surface area (Å²) < 4.78 is 0. The van der Waals surface area contributed by atoms with Gasteiger partial charge in [-0.15, -0.1) is 0 Å². The Morgan fingerprint density at radius 1 is 1.39 bits per heavy atom. The van der Waals surface area contributed by atoms with Gasteiger partial charge in [0.15, 0.2) is 0 Å². The van der Waals surface area contributed by atoms with Crippen LogP contribution in [-0.4, -0.2) is 24.4 Å². The Balaban J connectivity index is 1.90. The zero-order valence-corrected chi connectivity index (χ0v) is 10.5. The van der Waals surface area contributed by atoms with Crippen molar-refractivity contribution in [3.05, 3.63) is 28.8 Å². The number of primary amides is 1. The summed E-state index contributed by atoms with van der Waals surface area (Å²) in [7, 11) is 0. The molecule has 0 radical (unpaired) electrons. The molecular weight excluding hydrogens is 254 g/mol. The highest BCUT2D eigenvalue weighted by molar-refractivity contribution is 6.34. The van der Waals surface area contributed by atoms with Crippen molar-refractivity contribution in [2.24, 2.45) is 5.73 Å². The molecule has 1 aromatic carbocycles. The SMILES string of the molecule is NC(=O)c1ccc(NCC(=O)NC2CC2)cc1Cl. The summed E-state index contributed by atoms with van der Waals surface area (Å²) in [5.74, 6) is -0.620. The Kier molecular flexibility index (Phi) is 3.72. The number of amides is 2. The average molecular weight is 268 g/mol. The Bertz CT molecular complexity index is 486. The third-order valence-corrected chi connectivity index (χ3v) is 2.94. The van der Waals surface area contributed by atoms with Crippen molar-refractivity contribution >= 4 is 29.1 Å². The van der Waals surface area contributed by atoms with E-state index in [0.29, 0.717) is 11.7 Å². The molecule has 1 saturated carbocycles. The van der Waals surface area contributed by atoms with Crippen molar-refractivity contribution < 1.29 is 9.59 Å². The van der Waals surface area contributed by atoms with E-state index in [0.717, 1.165) is 12.8 Å². The fourth-order valence-electron chi connectivity index (χ4n) is 1.51. The van der Waals surface area contributed by atoms with Crippen molar-refractivity contribution in [3.63, 3.8) is 0 Å². The predicted octanol–water partition coefficient (Wildman–Crippen LogP) is 1.13. The molecule has 0 unspecified atom stereocenters. The van der Waals surface area contributed by atoms with Gasteiger partial charge in [-0.25, -0.2) is 0 Å². The Morgan fingerprint density at radius 2 is 2.11 bits per heavy atom. The lowest BCUT2D eigenvalue weighted by Gasteiger charge is -2.08. The molecule has 1 aliphatic rings. The largest absolute Gasteiger partial charge is 0.376 e. The fraction of sp³-hybridized carbons (Fsp3) is 0.333. The van der Waals surface area contributed by atoms with Gasteiger partial charge in [0.25, 0.3) is 0 Å². The summed E-state index contributed by atoms with van der Waals surface area (Å²) in [6.45, 7) is 0.183. The lowest BCUT2D eigenvalue weighted by molar-refractivity contribution is -0.119. The van der Waals surface area contributed by atoms with Gasteiger partial charge in [-0.1, -0.05) is 11.6 Å². The maximum atomic E-state index is 11.4. The first-order valence-corrected chi connectivity index (χ1v) is 6.06. The van der Waals surface area contributed by atoms with E-state index in [1.54, 1.807) is 12.1 Å². The number of nitrogens with two attached hydrogens (primary N) is 1. The number of rotatable bonds is 5. The molecule has 0 bridgehead atoms. The highest BCUT2D eigenvalue weighted by atomic mass is 35.5. The number of carbonyl (C=O) groups excluding carboxylic acids is 2. The van der Waals surface area contributed by atoms with Gasteiger partial charge in [-0.2, -0.15) is 0 Å². The molecular formula is C12H14ClN3O2. The molecule has 18 heavy (non-hydrogen) atoms. The summed E-state index contributed by atoms with van der Waals surface area (Å²) >= 11 is 5.89. The predicted molar refractivity (Wildman–Crippen MR) is 69.6 cm³/mol. The van der Waals surface area contributed by atoms with Gasteiger partial charge >= 0.3 is 0 Å². The van der Waals surface area contributed by atoms with E-state index in [-0.39, 0.29) is 23.0 Å². The van der Waals surface area contributed by atoms with E-state index in [1.807, 2.05) is 0 Å². The smallest absolute Gasteiger partial charge is 0.250 e. The van der Waals surface area contributed by atoms with Crippen molar-refractivity contribution in [3.8, 4) is 0 Å². The second-order valence-corrected chi connectivity index (χ2v) is 4.66. The number of hydrogen-bond donors (Lipinski definition) is 3. The van der Waals surface area contributed by atoms with Crippen molar-refractivity contribution in [1.82, 2.24) is 5.32 Å². The van der Waals surface area contributed by atoms with E-state index in [2.05, 4.69) is 10.6 Å². The van der Waals surface area contributed by atoms with Crippen LogP contribution in [0.1, 0.15) is 23.2 Å². The summed E-state index contributed by atoms with van der Waals surface area (Å²) in [5, 5.41) is 6.07. The van der Waals surface area contributed by atoms with Crippen LogP contribution in [-0.2, 0) is 4.79 Å². The summed E-state index contributed by atoms with van der Waals surface area (Å²) in [6.07, 6.45) is 2.12. The van der Waals surface area contributed by atoms with Crippen molar-refractivity contribution in [2.45, 2.75) is 18.9 Å². The van der Waals surface area contributed by atoms with Crippen LogP contribution < -0.4 is 16.4 Å². The monoisotopic (exact) mass is 267 g/mol. The zero-order chi connectivity index (χ0) is 13.1. The molecule has 1 fully saturated rings. The molecule has 5 nitrogen and oxygen atoms in total. The number of carbonyl (C=O) groups is 2. The van der Waals surface area contributed by atoms with E-state index in [1.165, 1.54) is 6.07 Å². The highest BCUT2D eigenvalue weighted by Gasteiger charge is 2.22. The van der Waals surface area contributed by atoms with Crippen LogP contribution in [0.25, 0.3) is 0 Å². The van der Waals surface area contributed by atoms with Gasteiger partial charge in [0, 0.05) is 11.7 Å². The number of benzene rings is 1. The number of anilines is 1. The Hall–Kier alpha value is -1.75. The standard InChI is InChI=1S/C12H14ClN3O2/c13-10-5-8(3-4-9(10)12(14)18)15-6-11(17)16-7-1-2-7/h3-5,7,15H,1-2,6H2,(H2,14,18)(H,16,17). The van der Waals surface area contributed by atoms with Gasteiger partial charge in [0.1, 0.15) is 0 Å². The van der Waals surface area contributed by atoms with Crippen LogP contribution in [0.5, 0.6) is 0 Å². The lowest BCUT2D eigenvalue weighted by atomic mass is 10.2. The molecule has 6 heteroatoms. The molecule has 0 heterocycles. The second kappa shape index (κ2) is 5.27. The van der Waals surface area contributed by atoms with Gasteiger partial charge in [-0.3, -0.25) is 9.59 Å². The minimum atomic E-state index is -0.571. The van der Waals surface area contributed by atoms with Crippen LogP contribution in [0.4, 0.5) is 5.69 Å². The van der Waals surface area contributed by atoms with Gasteiger partial charge in [-0.05, 0) is 31.0 Å². The van der Waals surface area contributed by atoms with Crippen LogP contribution in [0, 0.1) is 0 Å². The van der Waals surface area contributed by atoms with Crippen LogP contribution in [0.15, 0.2) is 18.2 Å². The van der Waals surface area contributed by atoms with Crippen LogP contribution in [0.2, 0.25) is 5.02 Å². The molecule has 0 atom stereocenters. The van der Waals surface area contributed by atoms with Gasteiger partial charge in [0.2, 0.25) is 11.8 Å². The topological polar surface area (TPSA) is 84.2 Å². The maximum Gasteiger partial charge on any atom is 0.250 e. The van der Waals surface area contributed by atoms with Crippen LogP contribution >= 0.6 is 11.6 Å². The molecule has 1 aromatic rings. The quantitative estimate of drug-likeness (QED) is 0.748. The molecule has 4 N–H and O–H groups in total. The number of hydrogen-bond acceptors (Lipinski definition) is 3. The number of nitrogens with one attached hydrogen (secondary N) is 2. The molecule has 2 amide bonds. The van der Waals surface area contributed by atoms with Crippen molar-refractivity contribution in [1.29, 1.82) is 0 Å². The van der Waals surface area contributed by atoms with Crippen molar-refractivity contribution in [2.75, 3.05) is 11.9 Å². The highest BCUT2D eigenvalue weighted by Crippen LogP contribution is 2.21. The van der Waals surface area contributed by atoms with E-state index in [9.17, 15) is 9.59 Å². The first kappa shape index (κ1) is 12.7. The lowest BCUT2D eigenvalue weighted by Crippen LogP contribution is -2.31. The second-order valence-electron chi connectivity index (χ2n) is 4.25. The molecule has 2 rings (SSSR count). The zero-order valence-electron chi connectivity index (χ0n) is 9.70. The summed E-state index contributed by atoms with van der Waals surface area (Å²) in [6, 6.07) is 5.12. The normalized spacial score (nSPS) is 14.1. The van der Waals surface area contributed by atoms with Crippen LogP contribution in [0.3, 0.4) is 0 Å². The average Bonchev–Trinajstić information content (AvgIpc) is 3.10. The molecule has 0 saturated heterocycles. The first-order chi connectivity index (χ1) is 8.56. The number of halogens is 1. The van der Waals surface area contributed by atoms with Gasteiger partial charge < -0.3 is 16.4 Å². The maximum absolute atomic E-state index is 11.4. The minimum Gasteiger partial charge on any atom is -0.376 e. The molecule has 0 aromatic heterocycles. The minimum absolute atomic E-state index is 0.0485. The van der Waals surface area contributed by atoms with E-state index < -0.39 is 5.91 Å². The van der Waals surface area contributed by atoms with Gasteiger partial charge in [0.05, 0.1) is 17.1 Å². The molecule has 0 spiro atoms. The Labute approximate surface area is 110 Å².